The lowest BCUT2D eigenvalue weighted by Gasteiger charge is -2.37. The fraction of sp³-hybridized carbons (Fsp3) is 0.324. The molecular weight excluding hydrogens is 1070 g/mol. The number of aromatic nitrogens is 2. The highest BCUT2D eigenvalue weighted by molar-refractivity contribution is 6.92. The summed E-state index contributed by atoms with van der Waals surface area (Å²) in [6.07, 6.45) is 0.477. The molecular formula is C74H86F2N2O4Si2. The molecule has 2 heterocycles. The second kappa shape index (κ2) is 21.1. The predicted octanol–water partition coefficient (Wildman–Crippen LogP) is 20.2. The van der Waals surface area contributed by atoms with Crippen molar-refractivity contribution < 1.29 is 27.7 Å². The third kappa shape index (κ3) is 10.6. The van der Waals surface area contributed by atoms with Gasteiger partial charge in [-0.05, 0) is 153 Å². The fourth-order valence-corrected chi connectivity index (χ4v) is 15.2. The Balaban J connectivity index is 1.05. The fourth-order valence-electron chi connectivity index (χ4n) is 12.2. The molecule has 0 aliphatic rings. The van der Waals surface area contributed by atoms with Crippen LogP contribution in [0.3, 0.4) is 0 Å². The molecule has 438 valence electrons. The first kappa shape index (κ1) is 60.0. The van der Waals surface area contributed by atoms with Crippen LogP contribution in [0.4, 0.5) is 8.78 Å². The molecule has 8 aromatic carbocycles. The highest BCUT2D eigenvalue weighted by Crippen LogP contribution is 2.51. The van der Waals surface area contributed by atoms with Crippen LogP contribution in [0, 0.1) is 53.5 Å². The Hall–Kier alpha value is -7.15. The molecule has 0 aliphatic heterocycles. The summed E-state index contributed by atoms with van der Waals surface area (Å²) in [6.45, 7) is 40.4. The molecule has 0 amide bonds. The molecule has 6 nitrogen and oxygen atoms in total. The normalized spacial score (nSPS) is 12.9. The van der Waals surface area contributed by atoms with Gasteiger partial charge in [0.15, 0.2) is 13.2 Å². The minimum atomic E-state index is -2.01. The van der Waals surface area contributed by atoms with E-state index in [1.165, 1.54) is 34.6 Å². The predicted molar refractivity (Wildman–Crippen MR) is 358 cm³/mol. The summed E-state index contributed by atoms with van der Waals surface area (Å²) in [5, 5.41) is 33.1. The van der Waals surface area contributed by atoms with Gasteiger partial charge < -0.3 is 28.1 Å². The molecule has 84 heavy (non-hydrogen) atoms. The van der Waals surface area contributed by atoms with Crippen LogP contribution in [0.2, 0.25) is 37.8 Å². The van der Waals surface area contributed by atoms with Crippen molar-refractivity contribution in [1.82, 2.24) is 9.13 Å². The van der Waals surface area contributed by atoms with Crippen molar-refractivity contribution in [2.75, 3.05) is 13.2 Å². The van der Waals surface area contributed by atoms with Crippen molar-refractivity contribution in [2.24, 2.45) is 0 Å². The second-order valence-corrected chi connectivity index (χ2v) is 38.9. The molecule has 2 N–H and O–H groups in total. The second-order valence-electron chi connectivity index (χ2n) is 28.5. The van der Waals surface area contributed by atoms with Gasteiger partial charge in [-0.2, -0.15) is 0 Å². The van der Waals surface area contributed by atoms with Crippen molar-refractivity contribution in [3.05, 3.63) is 181 Å². The van der Waals surface area contributed by atoms with E-state index in [1.807, 2.05) is 26.0 Å². The average molecular weight is 1160 g/mol. The van der Waals surface area contributed by atoms with Crippen molar-refractivity contribution in [3.8, 4) is 56.6 Å². The van der Waals surface area contributed by atoms with Crippen LogP contribution in [-0.2, 0) is 19.6 Å². The van der Waals surface area contributed by atoms with Gasteiger partial charge in [-0.1, -0.05) is 154 Å². The number of phenolic OH excluding ortho intramolecular Hbond substituents is 2. The molecule has 0 saturated heterocycles. The van der Waals surface area contributed by atoms with E-state index in [1.54, 1.807) is 0 Å². The van der Waals surface area contributed by atoms with E-state index < -0.39 is 27.8 Å². The van der Waals surface area contributed by atoms with E-state index in [0.717, 1.165) is 65.9 Å². The standard InChI is InChI=1S/C74H86F2N2O4Si2/c1-44-22-26-54-56-28-24-52(83(16,17)18)42-64(56)77(62(54)32-44)66-38-48(72(5,6)7)36-58(68(66)79)60-40-50(75)34-46(3)70(60)81(14)30-21-31-82(15)71-47(4)35-51(76)41-61(71)59-37-49(73(8,9)10)39-67(69(59)80)78-63-33-45(2)23-27-55(63)57-29-25-53(43-65(57)78)84(19,20)74(11,12)13/h22-29,32-43,79-80H,14-15,21,30-31H2,1-13,16-20H3. The first-order valence-corrected chi connectivity index (χ1v) is 36.1. The van der Waals surface area contributed by atoms with E-state index in [9.17, 15) is 10.2 Å². The first-order valence-electron chi connectivity index (χ1n) is 29.6. The zero-order chi connectivity index (χ0) is 61.2. The van der Waals surface area contributed by atoms with Crippen molar-refractivity contribution in [1.29, 1.82) is 0 Å². The van der Waals surface area contributed by atoms with Crippen molar-refractivity contribution >= 4 is 70.1 Å². The maximum atomic E-state index is 16.1. The SMILES string of the molecule is [CH2-][O+](CCC[O+]([CH2-])c1c(C)cc(F)cc1-c1cc(C(C)(C)C)cc(-n2c3cc(C)ccc3c3ccc([Si](C)(C)C(C)(C)C)cc32)c1O)c1c(C)cc(F)cc1-c1cc(C(C)(C)C)cc(-n2c3cc(C)ccc3c3ccc([Si](C)(C)C)cc32)c1O. The quantitative estimate of drug-likeness (QED) is 0.0728. The maximum absolute atomic E-state index is 16.1. The maximum Gasteiger partial charge on any atom is 0.237 e. The lowest BCUT2D eigenvalue weighted by molar-refractivity contribution is -0.0170. The molecule has 10 aromatic rings. The molecule has 2 aromatic heterocycles. The number of phenols is 2. The minimum Gasteiger partial charge on any atom is -0.711 e. The molecule has 0 atom stereocenters. The summed E-state index contributed by atoms with van der Waals surface area (Å²) >= 11 is 0. The van der Waals surface area contributed by atoms with Gasteiger partial charge >= 0.3 is 0 Å². The number of halogens is 2. The van der Waals surface area contributed by atoms with E-state index in [2.05, 4.69) is 226 Å². The number of benzene rings is 8. The van der Waals surface area contributed by atoms with Gasteiger partial charge in [-0.25, -0.2) is 8.78 Å². The monoisotopic (exact) mass is 1160 g/mol. The van der Waals surface area contributed by atoms with Crippen LogP contribution in [0.25, 0.3) is 77.2 Å². The number of fused-ring (bicyclic) bond motifs is 6. The zero-order valence-electron chi connectivity index (χ0n) is 52.9. The van der Waals surface area contributed by atoms with Crippen LogP contribution in [-0.4, -0.2) is 48.7 Å². The van der Waals surface area contributed by atoms with Gasteiger partial charge in [-0.15, -0.1) is 0 Å². The third-order valence-electron chi connectivity index (χ3n) is 18.1. The summed E-state index contributed by atoms with van der Waals surface area (Å²) < 4.78 is 42.6. The Kier molecular flexibility index (Phi) is 15.1. The van der Waals surface area contributed by atoms with Gasteiger partial charge in [0.2, 0.25) is 11.5 Å². The summed E-state index contributed by atoms with van der Waals surface area (Å²) in [7, 11) is 5.27. The van der Waals surface area contributed by atoms with E-state index in [-0.39, 0.29) is 27.4 Å². The molecule has 0 spiro atoms. The number of nitrogens with zero attached hydrogens (tertiary/aromatic N) is 2. The highest BCUT2D eigenvalue weighted by Gasteiger charge is 2.38. The molecule has 0 aliphatic carbocycles. The Morgan fingerprint density at radius 1 is 0.452 bits per heavy atom. The highest BCUT2D eigenvalue weighted by atomic mass is 28.3. The van der Waals surface area contributed by atoms with Gasteiger partial charge in [0.05, 0.1) is 60.7 Å². The van der Waals surface area contributed by atoms with Crippen molar-refractivity contribution in [3.63, 3.8) is 0 Å². The first-order chi connectivity index (χ1) is 39.1. The Morgan fingerprint density at radius 3 is 1.18 bits per heavy atom. The Morgan fingerprint density at radius 2 is 0.810 bits per heavy atom. The zero-order valence-corrected chi connectivity index (χ0v) is 54.9. The number of hydrogen-bond acceptors (Lipinski definition) is 2. The summed E-state index contributed by atoms with van der Waals surface area (Å²) in [5.74, 6) is 0.419. The molecule has 0 saturated carbocycles. The number of aromatic hydroxyl groups is 2. The molecule has 0 fully saturated rings. The largest absolute Gasteiger partial charge is 0.711 e. The number of hydrogen-bond donors (Lipinski definition) is 2. The van der Waals surface area contributed by atoms with Crippen LogP contribution < -0.4 is 10.4 Å². The summed E-state index contributed by atoms with van der Waals surface area (Å²) in [4.78, 5) is 0. The summed E-state index contributed by atoms with van der Waals surface area (Å²) in [5.41, 5.74) is 11.9. The van der Waals surface area contributed by atoms with E-state index in [0.29, 0.717) is 75.9 Å². The topological polar surface area (TPSA) is 55.7 Å². The van der Waals surface area contributed by atoms with Gasteiger partial charge in [0, 0.05) is 43.8 Å². The molecule has 0 radical (unpaired) electrons. The molecule has 0 unspecified atom stereocenters. The Labute approximate surface area is 499 Å². The van der Waals surface area contributed by atoms with E-state index >= 15 is 8.78 Å². The number of rotatable bonds is 12. The van der Waals surface area contributed by atoms with Crippen LogP contribution in [0.1, 0.15) is 102 Å². The van der Waals surface area contributed by atoms with Crippen molar-refractivity contribution in [2.45, 2.75) is 145 Å². The van der Waals surface area contributed by atoms with Crippen LogP contribution in [0.5, 0.6) is 23.0 Å². The van der Waals surface area contributed by atoms with Crippen LogP contribution >= 0.6 is 0 Å². The number of aryl methyl sites for hydroxylation is 4. The summed E-state index contributed by atoms with van der Waals surface area (Å²) in [6, 6.07) is 40.8. The van der Waals surface area contributed by atoms with E-state index in [4.69, 9.17) is 0 Å². The van der Waals surface area contributed by atoms with Crippen LogP contribution in [0.15, 0.2) is 121 Å². The Bertz CT molecular complexity index is 4270. The lowest BCUT2D eigenvalue weighted by atomic mass is 9.84. The molecule has 10 heteroatoms. The molecule has 0 bridgehead atoms. The third-order valence-corrected chi connectivity index (χ3v) is 25.7. The molecule has 10 rings (SSSR count). The van der Waals surface area contributed by atoms with Gasteiger partial charge in [0.25, 0.3) is 0 Å². The van der Waals surface area contributed by atoms with Gasteiger partial charge in [-0.3, -0.25) is 0 Å². The smallest absolute Gasteiger partial charge is 0.237 e. The van der Waals surface area contributed by atoms with Gasteiger partial charge in [0.1, 0.15) is 29.6 Å². The average Bonchev–Trinajstić information content (AvgIpc) is 1.70. The minimum absolute atomic E-state index is 0.0339. The lowest BCUT2D eigenvalue weighted by Crippen LogP contribution is -2.49.